The van der Waals surface area contributed by atoms with Crippen molar-refractivity contribution < 1.29 is 4.42 Å². The monoisotopic (exact) mass is 443 g/mol. The fourth-order valence-corrected chi connectivity index (χ4v) is 5.28. The fraction of sp³-hybridized carbons (Fsp3) is 0. The van der Waals surface area contributed by atoms with Gasteiger partial charge in [0, 0.05) is 32.8 Å². The molecule has 156 valence electrons. The topological polar surface area (TPSA) is 18.1 Å². The lowest BCUT2D eigenvalue weighted by atomic mass is 10.0. The summed E-state index contributed by atoms with van der Waals surface area (Å²) in [6.07, 6.45) is 0. The number of benzene rings is 5. The number of furan rings is 1. The van der Waals surface area contributed by atoms with Gasteiger partial charge in [0.1, 0.15) is 11.2 Å². The minimum absolute atomic E-state index is 0.706. The minimum atomic E-state index is 0.706. The molecule has 0 radical (unpaired) electrons. The molecule has 0 spiro atoms. The van der Waals surface area contributed by atoms with Crippen LogP contribution in [0.5, 0.6) is 0 Å². The van der Waals surface area contributed by atoms with Crippen LogP contribution >= 0.6 is 11.6 Å². The van der Waals surface area contributed by atoms with Gasteiger partial charge < -0.3 is 8.98 Å². The second kappa shape index (κ2) is 6.99. The van der Waals surface area contributed by atoms with Crippen LogP contribution in [0.1, 0.15) is 0 Å². The Kier molecular flexibility index (Phi) is 3.93. The van der Waals surface area contributed by atoms with Crippen molar-refractivity contribution in [3.63, 3.8) is 0 Å². The SMILES string of the molecule is Clc1ccc(-c2cccc(-n3c4ccccc4c4ccccc43)c2)c2oc3ccccc3c12. The molecule has 2 nitrogen and oxygen atoms in total. The Balaban J connectivity index is 1.51. The first-order valence-electron chi connectivity index (χ1n) is 11.0. The van der Waals surface area contributed by atoms with Gasteiger partial charge in [0.25, 0.3) is 0 Å². The summed E-state index contributed by atoms with van der Waals surface area (Å²) in [7, 11) is 0. The van der Waals surface area contributed by atoms with E-state index in [0.29, 0.717) is 5.02 Å². The van der Waals surface area contributed by atoms with Crippen molar-refractivity contribution in [2.75, 3.05) is 0 Å². The van der Waals surface area contributed by atoms with E-state index in [1.807, 2.05) is 24.3 Å². The number of rotatable bonds is 2. The number of fused-ring (bicyclic) bond motifs is 6. The Morgan fingerprint density at radius 3 is 2.03 bits per heavy atom. The molecule has 33 heavy (non-hydrogen) atoms. The van der Waals surface area contributed by atoms with E-state index >= 15 is 0 Å². The molecule has 0 aliphatic carbocycles. The summed E-state index contributed by atoms with van der Waals surface area (Å²) < 4.78 is 8.63. The lowest BCUT2D eigenvalue weighted by Crippen LogP contribution is -1.94. The third kappa shape index (κ3) is 2.68. The molecular formula is C30H18ClNO. The van der Waals surface area contributed by atoms with E-state index in [-0.39, 0.29) is 0 Å². The summed E-state index contributed by atoms with van der Waals surface area (Å²) in [5, 5.41) is 5.22. The van der Waals surface area contributed by atoms with Crippen molar-refractivity contribution in [2.24, 2.45) is 0 Å². The van der Waals surface area contributed by atoms with Crippen molar-refractivity contribution >= 4 is 55.3 Å². The summed E-state index contributed by atoms with van der Waals surface area (Å²) >= 11 is 6.62. The van der Waals surface area contributed by atoms with Gasteiger partial charge in [-0.1, -0.05) is 78.3 Å². The van der Waals surface area contributed by atoms with Crippen molar-refractivity contribution in [3.05, 3.63) is 114 Å². The molecule has 0 unspecified atom stereocenters. The Morgan fingerprint density at radius 2 is 1.27 bits per heavy atom. The smallest absolute Gasteiger partial charge is 0.144 e. The number of halogens is 1. The molecule has 0 atom stereocenters. The highest BCUT2D eigenvalue weighted by Gasteiger charge is 2.16. The predicted octanol–water partition coefficient (Wildman–Crippen LogP) is 9.00. The number of aromatic nitrogens is 1. The van der Waals surface area contributed by atoms with Crippen LogP contribution in [0.15, 0.2) is 114 Å². The van der Waals surface area contributed by atoms with Crippen LogP contribution in [0.4, 0.5) is 0 Å². The van der Waals surface area contributed by atoms with Crippen molar-refractivity contribution in [1.29, 1.82) is 0 Å². The summed E-state index contributed by atoms with van der Waals surface area (Å²) in [4.78, 5) is 0. The van der Waals surface area contributed by atoms with E-state index in [1.165, 1.54) is 21.8 Å². The molecule has 2 aromatic heterocycles. The Morgan fingerprint density at radius 1 is 0.606 bits per heavy atom. The summed E-state index contributed by atoms with van der Waals surface area (Å²) in [6, 6.07) is 37.8. The highest BCUT2D eigenvalue weighted by Crippen LogP contribution is 2.40. The van der Waals surface area contributed by atoms with Crippen LogP contribution in [0.2, 0.25) is 5.02 Å². The molecule has 0 bridgehead atoms. The maximum atomic E-state index is 6.62. The average molecular weight is 444 g/mol. The van der Waals surface area contributed by atoms with Gasteiger partial charge in [0.15, 0.2) is 0 Å². The van der Waals surface area contributed by atoms with Gasteiger partial charge in [-0.05, 0) is 48.0 Å². The first-order chi connectivity index (χ1) is 16.3. The van der Waals surface area contributed by atoms with Crippen molar-refractivity contribution in [1.82, 2.24) is 4.57 Å². The Hall–Kier alpha value is -4.01. The van der Waals surface area contributed by atoms with Crippen LogP contribution in [0, 0.1) is 0 Å². The van der Waals surface area contributed by atoms with E-state index in [9.17, 15) is 0 Å². The fourth-order valence-electron chi connectivity index (χ4n) is 5.03. The van der Waals surface area contributed by atoms with Crippen LogP contribution in [-0.4, -0.2) is 4.57 Å². The van der Waals surface area contributed by atoms with Gasteiger partial charge in [-0.3, -0.25) is 0 Å². The van der Waals surface area contributed by atoms with Crippen LogP contribution in [-0.2, 0) is 0 Å². The van der Waals surface area contributed by atoms with Crippen LogP contribution < -0.4 is 0 Å². The quantitative estimate of drug-likeness (QED) is 0.260. The molecule has 0 amide bonds. The normalized spacial score (nSPS) is 11.8. The van der Waals surface area contributed by atoms with E-state index < -0.39 is 0 Å². The first-order valence-corrected chi connectivity index (χ1v) is 11.4. The summed E-state index contributed by atoms with van der Waals surface area (Å²) in [6.45, 7) is 0. The third-order valence-electron chi connectivity index (χ3n) is 6.47. The molecule has 0 N–H and O–H groups in total. The van der Waals surface area contributed by atoms with E-state index in [4.69, 9.17) is 16.0 Å². The molecule has 0 aliphatic heterocycles. The zero-order valence-corrected chi connectivity index (χ0v) is 18.4. The molecule has 7 aromatic rings. The largest absolute Gasteiger partial charge is 0.455 e. The second-order valence-corrected chi connectivity index (χ2v) is 8.72. The zero-order valence-electron chi connectivity index (χ0n) is 17.6. The second-order valence-electron chi connectivity index (χ2n) is 8.32. The molecule has 7 rings (SSSR count). The Labute approximate surface area is 195 Å². The number of para-hydroxylation sites is 3. The molecule has 0 fully saturated rings. The number of hydrogen-bond donors (Lipinski definition) is 0. The molecule has 0 saturated heterocycles. The summed E-state index contributed by atoms with van der Waals surface area (Å²) in [5.41, 5.74) is 7.30. The standard InChI is InChI=1S/C30H18ClNO/c31-25-17-16-21(30-29(25)24-12-3-6-15-28(24)33-30)19-8-7-9-20(18-19)32-26-13-4-1-10-22(26)23-11-2-5-14-27(23)32/h1-18H. The predicted molar refractivity (Wildman–Crippen MR) is 139 cm³/mol. The van der Waals surface area contributed by atoms with Gasteiger partial charge in [-0.25, -0.2) is 0 Å². The molecular weight excluding hydrogens is 426 g/mol. The van der Waals surface area contributed by atoms with E-state index in [0.717, 1.165) is 38.8 Å². The molecule has 0 aliphatic rings. The van der Waals surface area contributed by atoms with Crippen molar-refractivity contribution in [3.8, 4) is 16.8 Å². The number of hydrogen-bond acceptors (Lipinski definition) is 1. The maximum Gasteiger partial charge on any atom is 0.144 e. The van der Waals surface area contributed by atoms with Gasteiger partial charge in [0.2, 0.25) is 0 Å². The molecule has 2 heterocycles. The summed E-state index contributed by atoms with van der Waals surface area (Å²) in [5.74, 6) is 0. The molecule has 5 aromatic carbocycles. The highest BCUT2D eigenvalue weighted by atomic mass is 35.5. The highest BCUT2D eigenvalue weighted by molar-refractivity contribution is 6.38. The van der Waals surface area contributed by atoms with E-state index in [2.05, 4.69) is 89.5 Å². The van der Waals surface area contributed by atoms with Crippen molar-refractivity contribution in [2.45, 2.75) is 0 Å². The zero-order chi connectivity index (χ0) is 21.9. The van der Waals surface area contributed by atoms with Gasteiger partial charge in [-0.15, -0.1) is 0 Å². The van der Waals surface area contributed by atoms with E-state index in [1.54, 1.807) is 0 Å². The van der Waals surface area contributed by atoms with Gasteiger partial charge >= 0.3 is 0 Å². The molecule has 3 heteroatoms. The minimum Gasteiger partial charge on any atom is -0.455 e. The first kappa shape index (κ1) is 18.6. The number of nitrogens with zero attached hydrogens (tertiary/aromatic N) is 1. The average Bonchev–Trinajstić information content (AvgIpc) is 3.41. The maximum absolute atomic E-state index is 6.62. The Bertz CT molecular complexity index is 1790. The van der Waals surface area contributed by atoms with Crippen LogP contribution in [0.25, 0.3) is 60.6 Å². The molecule has 0 saturated carbocycles. The lowest BCUT2D eigenvalue weighted by Gasteiger charge is -2.11. The third-order valence-corrected chi connectivity index (χ3v) is 6.79. The van der Waals surface area contributed by atoms with Gasteiger partial charge in [-0.2, -0.15) is 0 Å². The van der Waals surface area contributed by atoms with Crippen LogP contribution in [0.3, 0.4) is 0 Å². The lowest BCUT2D eigenvalue weighted by molar-refractivity contribution is 0.670. The van der Waals surface area contributed by atoms with Gasteiger partial charge in [0.05, 0.1) is 16.1 Å².